The van der Waals surface area contributed by atoms with E-state index in [1.54, 1.807) is 0 Å². The molecule has 2 fully saturated rings. The lowest BCUT2D eigenvalue weighted by atomic mass is 10.00. The minimum atomic E-state index is 0.0101. The van der Waals surface area contributed by atoms with Crippen LogP contribution in [0, 0.1) is 5.92 Å². The zero-order chi connectivity index (χ0) is 14.2. The van der Waals surface area contributed by atoms with Crippen molar-refractivity contribution in [2.45, 2.75) is 12.5 Å². The summed E-state index contributed by atoms with van der Waals surface area (Å²) < 4.78 is 0. The molecule has 2 unspecified atom stereocenters. The maximum Gasteiger partial charge on any atom is 0.267 e. The highest BCUT2D eigenvalue weighted by atomic mass is 16.2. The van der Waals surface area contributed by atoms with Crippen LogP contribution in [0.1, 0.15) is 16.9 Å². The number of nitrogens with zero attached hydrogens (tertiary/aromatic N) is 1. The molecule has 0 radical (unpaired) electrons. The van der Waals surface area contributed by atoms with E-state index in [0.717, 1.165) is 24.3 Å². The first-order valence-corrected chi connectivity index (χ1v) is 7.57. The Morgan fingerprint density at radius 1 is 1.14 bits per heavy atom. The fourth-order valence-corrected chi connectivity index (χ4v) is 3.51. The molecule has 2 aliphatic rings. The van der Waals surface area contributed by atoms with Crippen LogP contribution >= 0.6 is 0 Å². The van der Waals surface area contributed by atoms with E-state index < -0.39 is 0 Å². The van der Waals surface area contributed by atoms with Crippen molar-refractivity contribution < 1.29 is 4.79 Å². The molecule has 2 aromatic rings. The molecule has 21 heavy (non-hydrogen) atoms. The number of fused-ring (bicyclic) bond motifs is 2. The number of amides is 1. The molecule has 2 aliphatic heterocycles. The normalized spacial score (nSPS) is 27.0. The van der Waals surface area contributed by atoms with Gasteiger partial charge in [0.25, 0.3) is 5.91 Å². The van der Waals surface area contributed by atoms with Gasteiger partial charge in [0.15, 0.2) is 0 Å². The number of hydrogen-bond acceptors (Lipinski definition) is 2. The summed E-state index contributed by atoms with van der Waals surface area (Å²) in [4.78, 5) is 18.0. The van der Waals surface area contributed by atoms with E-state index in [4.69, 9.17) is 0 Å². The quantitative estimate of drug-likeness (QED) is 0.905. The predicted octanol–water partition coefficient (Wildman–Crippen LogP) is 2.12. The number of aromatic nitrogens is 1. The van der Waals surface area contributed by atoms with Crippen molar-refractivity contribution in [1.29, 1.82) is 0 Å². The Labute approximate surface area is 124 Å². The van der Waals surface area contributed by atoms with Gasteiger partial charge in [0.2, 0.25) is 0 Å². The van der Waals surface area contributed by atoms with Crippen LogP contribution in [0.4, 0.5) is 0 Å². The van der Waals surface area contributed by atoms with E-state index in [9.17, 15) is 4.79 Å². The molecule has 0 spiro atoms. The standard InChI is InChI=1S/C17H19N3O/c21-17(19-16-11-20-9-8-13(16)10-20)15-7-6-14(18-15)12-4-2-1-3-5-12/h1-7,13,16,18H,8-11H2,(H,19,21)/t13-,16?/m0/s1. The molecule has 1 aromatic carbocycles. The third kappa shape index (κ3) is 2.36. The van der Waals surface area contributed by atoms with Crippen LogP contribution in [0.5, 0.6) is 0 Å². The van der Waals surface area contributed by atoms with Gasteiger partial charge < -0.3 is 15.2 Å². The second-order valence-corrected chi connectivity index (χ2v) is 6.04. The van der Waals surface area contributed by atoms with Crippen molar-refractivity contribution in [2.24, 2.45) is 5.92 Å². The molecule has 1 amide bonds. The Morgan fingerprint density at radius 3 is 2.71 bits per heavy atom. The third-order valence-electron chi connectivity index (χ3n) is 4.66. The summed E-state index contributed by atoms with van der Waals surface area (Å²) in [5.74, 6) is 0.647. The Morgan fingerprint density at radius 2 is 2.00 bits per heavy atom. The number of H-pyrrole nitrogens is 1. The van der Waals surface area contributed by atoms with E-state index in [1.807, 2.05) is 42.5 Å². The lowest BCUT2D eigenvalue weighted by Gasteiger charge is -2.22. The van der Waals surface area contributed by atoms with Crippen LogP contribution in [0.2, 0.25) is 0 Å². The molecule has 108 valence electrons. The Hall–Kier alpha value is -2.07. The van der Waals surface area contributed by atoms with E-state index >= 15 is 0 Å². The molecular formula is C17H19N3O. The molecule has 1 aromatic heterocycles. The number of benzene rings is 1. The van der Waals surface area contributed by atoms with Gasteiger partial charge in [0, 0.05) is 24.8 Å². The minimum absolute atomic E-state index is 0.0101. The predicted molar refractivity (Wildman–Crippen MR) is 82.0 cm³/mol. The molecule has 4 heteroatoms. The lowest BCUT2D eigenvalue weighted by molar-refractivity contribution is 0.0920. The molecule has 2 bridgehead atoms. The zero-order valence-electron chi connectivity index (χ0n) is 11.9. The van der Waals surface area contributed by atoms with Crippen LogP contribution in [-0.4, -0.2) is 41.5 Å². The molecule has 4 rings (SSSR count). The number of rotatable bonds is 3. The first-order chi connectivity index (χ1) is 10.3. The summed E-state index contributed by atoms with van der Waals surface area (Å²) in [5.41, 5.74) is 2.73. The summed E-state index contributed by atoms with van der Waals surface area (Å²) in [6.07, 6.45) is 1.21. The monoisotopic (exact) mass is 281 g/mol. The highest BCUT2D eigenvalue weighted by Gasteiger charge is 2.38. The van der Waals surface area contributed by atoms with Gasteiger partial charge >= 0.3 is 0 Å². The number of carbonyl (C=O) groups is 1. The fourth-order valence-electron chi connectivity index (χ4n) is 3.51. The van der Waals surface area contributed by atoms with Gasteiger partial charge in [0.1, 0.15) is 5.69 Å². The molecule has 0 aliphatic carbocycles. The molecule has 3 atom stereocenters. The molecule has 2 saturated heterocycles. The van der Waals surface area contributed by atoms with Crippen molar-refractivity contribution in [3.05, 3.63) is 48.2 Å². The Kier molecular flexibility index (Phi) is 3.04. The molecule has 0 saturated carbocycles. The average Bonchev–Trinajstić information content (AvgIpc) is 3.24. The van der Waals surface area contributed by atoms with Crippen LogP contribution in [-0.2, 0) is 0 Å². The highest BCUT2D eigenvalue weighted by Crippen LogP contribution is 2.28. The molecule has 3 heterocycles. The topological polar surface area (TPSA) is 48.1 Å². The van der Waals surface area contributed by atoms with Gasteiger partial charge in [0.05, 0.1) is 0 Å². The first-order valence-electron chi connectivity index (χ1n) is 7.57. The van der Waals surface area contributed by atoms with Gasteiger partial charge in [-0.2, -0.15) is 0 Å². The smallest absolute Gasteiger partial charge is 0.267 e. The average molecular weight is 281 g/mol. The summed E-state index contributed by atoms with van der Waals surface area (Å²) >= 11 is 0. The number of nitrogens with one attached hydrogen (secondary N) is 2. The second kappa shape index (κ2) is 5.04. The van der Waals surface area contributed by atoms with E-state index in [2.05, 4.69) is 15.2 Å². The van der Waals surface area contributed by atoms with Crippen LogP contribution < -0.4 is 5.32 Å². The van der Waals surface area contributed by atoms with Crippen molar-refractivity contribution in [3.63, 3.8) is 0 Å². The summed E-state index contributed by atoms with van der Waals surface area (Å²) in [6.45, 7) is 3.34. The summed E-state index contributed by atoms with van der Waals surface area (Å²) in [5, 5.41) is 3.18. The SMILES string of the molecule is O=C(NC1CN2CC[C@H]1C2)c1ccc(-c2ccccc2)[nH]1. The van der Waals surface area contributed by atoms with E-state index in [1.165, 1.54) is 13.0 Å². The Balaban J connectivity index is 1.47. The minimum Gasteiger partial charge on any atom is -0.351 e. The number of piperidine rings is 1. The number of aromatic amines is 1. The van der Waals surface area contributed by atoms with E-state index in [0.29, 0.717) is 17.7 Å². The maximum atomic E-state index is 12.4. The van der Waals surface area contributed by atoms with Crippen LogP contribution in [0.25, 0.3) is 11.3 Å². The van der Waals surface area contributed by atoms with Gasteiger partial charge in [-0.15, -0.1) is 0 Å². The second-order valence-electron chi connectivity index (χ2n) is 6.04. The molecule has 4 nitrogen and oxygen atoms in total. The van der Waals surface area contributed by atoms with Gasteiger partial charge in [-0.05, 0) is 36.6 Å². The zero-order valence-corrected chi connectivity index (χ0v) is 11.9. The largest absolute Gasteiger partial charge is 0.351 e. The van der Waals surface area contributed by atoms with Crippen molar-refractivity contribution in [3.8, 4) is 11.3 Å². The van der Waals surface area contributed by atoms with Crippen LogP contribution in [0.3, 0.4) is 0 Å². The highest BCUT2D eigenvalue weighted by molar-refractivity contribution is 5.93. The summed E-state index contributed by atoms with van der Waals surface area (Å²) in [7, 11) is 0. The molecule has 2 N–H and O–H groups in total. The van der Waals surface area contributed by atoms with Gasteiger partial charge in [-0.3, -0.25) is 4.79 Å². The molecular weight excluding hydrogens is 262 g/mol. The van der Waals surface area contributed by atoms with E-state index in [-0.39, 0.29) is 5.91 Å². The Bertz CT molecular complexity index is 649. The first kappa shape index (κ1) is 12.7. The summed E-state index contributed by atoms with van der Waals surface area (Å²) in [6, 6.07) is 14.2. The van der Waals surface area contributed by atoms with Gasteiger partial charge in [-0.1, -0.05) is 30.3 Å². The van der Waals surface area contributed by atoms with Crippen LogP contribution in [0.15, 0.2) is 42.5 Å². The number of hydrogen-bond donors (Lipinski definition) is 2. The third-order valence-corrected chi connectivity index (χ3v) is 4.66. The van der Waals surface area contributed by atoms with Gasteiger partial charge in [-0.25, -0.2) is 0 Å². The van der Waals surface area contributed by atoms with Crippen molar-refractivity contribution >= 4 is 5.91 Å². The lowest BCUT2D eigenvalue weighted by Crippen LogP contribution is -2.43. The van der Waals surface area contributed by atoms with Crippen molar-refractivity contribution in [1.82, 2.24) is 15.2 Å². The maximum absolute atomic E-state index is 12.4. The fraction of sp³-hybridized carbons (Fsp3) is 0.353. The number of carbonyl (C=O) groups excluding carboxylic acids is 1. The van der Waals surface area contributed by atoms with Crippen molar-refractivity contribution in [2.75, 3.05) is 19.6 Å².